The zero-order valence-corrected chi connectivity index (χ0v) is 12.2. The van der Waals surface area contributed by atoms with Crippen LogP contribution in [0.25, 0.3) is 10.9 Å². The van der Waals surface area contributed by atoms with Crippen LogP contribution < -0.4 is 11.1 Å². The van der Waals surface area contributed by atoms with Crippen molar-refractivity contribution in [3.8, 4) is 0 Å². The summed E-state index contributed by atoms with van der Waals surface area (Å²) in [4.78, 5) is 6.74. The summed E-state index contributed by atoms with van der Waals surface area (Å²) in [6, 6.07) is 7.94. The van der Waals surface area contributed by atoms with Gasteiger partial charge >= 0.3 is 0 Å². The number of nitrogens with two attached hydrogens (primary N) is 1. The third kappa shape index (κ3) is 2.20. The first-order valence-electron chi connectivity index (χ1n) is 7.16. The number of nitrogens with one attached hydrogen (secondary N) is 1. The molecule has 20 heavy (non-hydrogen) atoms. The first kappa shape index (κ1) is 13.2. The number of fused-ring (bicyclic) bond motifs is 1. The van der Waals surface area contributed by atoms with Crippen LogP contribution in [0.5, 0.6) is 0 Å². The van der Waals surface area contributed by atoms with Gasteiger partial charge in [0.05, 0.1) is 5.52 Å². The second-order valence-electron chi connectivity index (χ2n) is 5.96. The van der Waals surface area contributed by atoms with E-state index in [9.17, 15) is 0 Å². The number of likely N-dealkylation sites (N-methyl/N-ethyl adjacent to an activating group) is 1. The van der Waals surface area contributed by atoms with Gasteiger partial charge in [-0.15, -0.1) is 0 Å². The zero-order chi connectivity index (χ0) is 14.2. The fourth-order valence-electron chi connectivity index (χ4n) is 2.95. The summed E-state index contributed by atoms with van der Waals surface area (Å²) in [5, 5.41) is 4.74. The van der Waals surface area contributed by atoms with E-state index in [4.69, 9.17) is 5.73 Å². The monoisotopic (exact) mass is 270 g/mol. The Balaban J connectivity index is 1.84. The van der Waals surface area contributed by atoms with Gasteiger partial charge in [-0.2, -0.15) is 0 Å². The maximum Gasteiger partial charge on any atom is 0.0743 e. The molecule has 0 atom stereocenters. The lowest BCUT2D eigenvalue weighted by Gasteiger charge is -2.47. The maximum absolute atomic E-state index is 5.82. The third-order valence-corrected chi connectivity index (χ3v) is 4.61. The molecule has 1 aromatic heterocycles. The van der Waals surface area contributed by atoms with Crippen LogP contribution in [0.1, 0.15) is 19.3 Å². The molecule has 4 heteroatoms. The first-order chi connectivity index (χ1) is 9.61. The van der Waals surface area contributed by atoms with Crippen LogP contribution in [0.4, 0.5) is 11.4 Å². The SMILES string of the molecule is CN(C)C1(CNc2ccnc3cc(N)ccc23)CCC1. The van der Waals surface area contributed by atoms with E-state index in [1.54, 1.807) is 0 Å². The molecule has 0 spiro atoms. The van der Waals surface area contributed by atoms with E-state index < -0.39 is 0 Å². The number of nitrogen functional groups attached to an aromatic ring is 1. The van der Waals surface area contributed by atoms with Gasteiger partial charge in [0, 0.05) is 35.0 Å². The molecule has 1 aliphatic carbocycles. The fraction of sp³-hybridized carbons (Fsp3) is 0.438. The van der Waals surface area contributed by atoms with Gasteiger partial charge in [-0.25, -0.2) is 0 Å². The molecular formula is C16H22N4. The second kappa shape index (κ2) is 4.94. The predicted molar refractivity (Wildman–Crippen MR) is 84.9 cm³/mol. The highest BCUT2D eigenvalue weighted by atomic mass is 15.2. The molecular weight excluding hydrogens is 248 g/mol. The van der Waals surface area contributed by atoms with Gasteiger partial charge in [0.1, 0.15) is 0 Å². The number of aromatic nitrogens is 1. The summed E-state index contributed by atoms with van der Waals surface area (Å²) < 4.78 is 0. The minimum Gasteiger partial charge on any atom is -0.399 e. The van der Waals surface area contributed by atoms with Crippen molar-refractivity contribution in [1.29, 1.82) is 0 Å². The van der Waals surface area contributed by atoms with E-state index >= 15 is 0 Å². The van der Waals surface area contributed by atoms with Crippen LogP contribution in [0.3, 0.4) is 0 Å². The topological polar surface area (TPSA) is 54.2 Å². The van der Waals surface area contributed by atoms with Gasteiger partial charge in [-0.1, -0.05) is 0 Å². The molecule has 2 aromatic rings. The van der Waals surface area contributed by atoms with Crippen molar-refractivity contribution in [2.75, 3.05) is 31.7 Å². The number of nitrogens with zero attached hydrogens (tertiary/aromatic N) is 2. The quantitative estimate of drug-likeness (QED) is 0.839. The molecule has 0 aliphatic heterocycles. The summed E-state index contributed by atoms with van der Waals surface area (Å²) in [5.74, 6) is 0. The molecule has 1 aromatic carbocycles. The van der Waals surface area contributed by atoms with E-state index in [1.165, 1.54) is 19.3 Å². The highest BCUT2D eigenvalue weighted by Crippen LogP contribution is 2.36. The molecule has 0 amide bonds. The number of anilines is 2. The molecule has 106 valence electrons. The van der Waals surface area contributed by atoms with Gasteiger partial charge in [0.2, 0.25) is 0 Å². The lowest BCUT2D eigenvalue weighted by Crippen LogP contribution is -2.54. The standard InChI is InChI=1S/C16H22N4/c1-20(2)16(7-3-8-16)11-19-14-6-9-18-15-10-12(17)4-5-13(14)15/h4-6,9-10H,3,7-8,11,17H2,1-2H3,(H,18,19). The van der Waals surface area contributed by atoms with Crippen molar-refractivity contribution in [3.05, 3.63) is 30.5 Å². The average molecular weight is 270 g/mol. The Labute approximate surface area is 120 Å². The summed E-state index contributed by atoms with van der Waals surface area (Å²) in [7, 11) is 4.35. The number of pyridine rings is 1. The molecule has 1 heterocycles. The Hall–Kier alpha value is -1.81. The highest BCUT2D eigenvalue weighted by Gasteiger charge is 2.38. The molecule has 1 saturated carbocycles. The smallest absolute Gasteiger partial charge is 0.0743 e. The van der Waals surface area contributed by atoms with Crippen LogP contribution >= 0.6 is 0 Å². The van der Waals surface area contributed by atoms with Gasteiger partial charge in [-0.05, 0) is 57.6 Å². The van der Waals surface area contributed by atoms with Gasteiger partial charge in [0.15, 0.2) is 0 Å². The van der Waals surface area contributed by atoms with Crippen molar-refractivity contribution < 1.29 is 0 Å². The van der Waals surface area contributed by atoms with Crippen LogP contribution in [-0.2, 0) is 0 Å². The van der Waals surface area contributed by atoms with E-state index in [0.29, 0.717) is 5.54 Å². The number of hydrogen-bond donors (Lipinski definition) is 2. The minimum atomic E-state index is 0.309. The Bertz CT molecular complexity index is 617. The molecule has 0 bridgehead atoms. The third-order valence-electron chi connectivity index (χ3n) is 4.61. The van der Waals surface area contributed by atoms with E-state index in [1.807, 2.05) is 30.5 Å². The minimum absolute atomic E-state index is 0.309. The summed E-state index contributed by atoms with van der Waals surface area (Å²) in [6.07, 6.45) is 5.70. The van der Waals surface area contributed by atoms with Gasteiger partial charge in [-0.3, -0.25) is 4.98 Å². The molecule has 0 unspecified atom stereocenters. The maximum atomic E-state index is 5.82. The van der Waals surface area contributed by atoms with Crippen LogP contribution in [0.2, 0.25) is 0 Å². The van der Waals surface area contributed by atoms with Gasteiger partial charge in [0.25, 0.3) is 0 Å². The number of benzene rings is 1. The number of hydrogen-bond acceptors (Lipinski definition) is 4. The zero-order valence-electron chi connectivity index (χ0n) is 12.2. The molecule has 4 nitrogen and oxygen atoms in total. The van der Waals surface area contributed by atoms with Crippen LogP contribution in [0, 0.1) is 0 Å². The molecule has 1 aliphatic rings. The summed E-state index contributed by atoms with van der Waals surface area (Å²) in [5.41, 5.74) is 8.97. The van der Waals surface area contributed by atoms with Gasteiger partial charge < -0.3 is 16.0 Å². The van der Waals surface area contributed by atoms with Crippen molar-refractivity contribution in [2.45, 2.75) is 24.8 Å². The Morgan fingerprint density at radius 1 is 1.30 bits per heavy atom. The first-order valence-corrected chi connectivity index (χ1v) is 7.16. The lowest BCUT2D eigenvalue weighted by atomic mass is 9.75. The van der Waals surface area contributed by atoms with Crippen molar-refractivity contribution in [2.24, 2.45) is 0 Å². The molecule has 0 saturated heterocycles. The number of rotatable bonds is 4. The molecule has 1 fully saturated rings. The molecule has 0 radical (unpaired) electrons. The largest absolute Gasteiger partial charge is 0.399 e. The van der Waals surface area contributed by atoms with E-state index in [2.05, 4.69) is 29.3 Å². The predicted octanol–water partition coefficient (Wildman–Crippen LogP) is 2.71. The normalized spacial score (nSPS) is 17.1. The van der Waals surface area contributed by atoms with Crippen molar-refractivity contribution >= 4 is 22.3 Å². The Kier molecular flexibility index (Phi) is 3.26. The molecule has 3 N–H and O–H groups in total. The van der Waals surface area contributed by atoms with Crippen molar-refractivity contribution in [1.82, 2.24) is 9.88 Å². The fourth-order valence-corrected chi connectivity index (χ4v) is 2.95. The summed E-state index contributed by atoms with van der Waals surface area (Å²) in [6.45, 7) is 0.976. The Morgan fingerprint density at radius 2 is 2.10 bits per heavy atom. The van der Waals surface area contributed by atoms with Crippen LogP contribution in [0.15, 0.2) is 30.5 Å². The average Bonchev–Trinajstić information content (AvgIpc) is 2.36. The van der Waals surface area contributed by atoms with Crippen LogP contribution in [-0.4, -0.2) is 36.1 Å². The second-order valence-corrected chi connectivity index (χ2v) is 5.96. The highest BCUT2D eigenvalue weighted by molar-refractivity contribution is 5.92. The Morgan fingerprint density at radius 3 is 2.75 bits per heavy atom. The molecule has 3 rings (SSSR count). The van der Waals surface area contributed by atoms with E-state index in [-0.39, 0.29) is 0 Å². The van der Waals surface area contributed by atoms with Crippen molar-refractivity contribution in [3.63, 3.8) is 0 Å². The lowest BCUT2D eigenvalue weighted by molar-refractivity contribution is 0.0739. The summed E-state index contributed by atoms with van der Waals surface area (Å²) >= 11 is 0. The van der Waals surface area contributed by atoms with E-state index in [0.717, 1.165) is 28.8 Å².